The van der Waals surface area contributed by atoms with Crippen LogP contribution >= 0.6 is 0 Å². The highest BCUT2D eigenvalue weighted by molar-refractivity contribution is 6.33. The molecule has 0 aliphatic heterocycles. The summed E-state index contributed by atoms with van der Waals surface area (Å²) in [5.41, 5.74) is 0. The standard InChI is InChI=1S/C3H2F2O2/c4-1-2(6)3(5)7/h1H2. The van der Waals surface area contributed by atoms with Crippen molar-refractivity contribution in [1.82, 2.24) is 0 Å². The van der Waals surface area contributed by atoms with Crippen molar-refractivity contribution < 1.29 is 18.4 Å². The second kappa shape index (κ2) is 2.39. The first-order valence-corrected chi connectivity index (χ1v) is 1.47. The van der Waals surface area contributed by atoms with Crippen molar-refractivity contribution in [3.8, 4) is 0 Å². The number of halogens is 2. The van der Waals surface area contributed by atoms with Crippen LogP contribution < -0.4 is 0 Å². The molecule has 0 aliphatic carbocycles. The van der Waals surface area contributed by atoms with E-state index in [0.717, 1.165) is 0 Å². The van der Waals surface area contributed by atoms with Gasteiger partial charge in [0.05, 0.1) is 0 Å². The fourth-order valence-electron chi connectivity index (χ4n) is 0.0525. The van der Waals surface area contributed by atoms with E-state index in [0.29, 0.717) is 0 Å². The lowest BCUT2D eigenvalue weighted by Crippen LogP contribution is -2.08. The van der Waals surface area contributed by atoms with Crippen LogP contribution in [0.15, 0.2) is 0 Å². The van der Waals surface area contributed by atoms with Crippen molar-refractivity contribution in [3.05, 3.63) is 0 Å². The smallest absolute Gasteiger partial charge is 0.285 e. The van der Waals surface area contributed by atoms with Gasteiger partial charge >= 0.3 is 6.04 Å². The summed E-state index contributed by atoms with van der Waals surface area (Å²) in [6, 6.07) is -2.22. The van der Waals surface area contributed by atoms with Gasteiger partial charge in [-0.2, -0.15) is 4.39 Å². The van der Waals surface area contributed by atoms with Crippen LogP contribution in [0.5, 0.6) is 0 Å². The van der Waals surface area contributed by atoms with E-state index in [1.165, 1.54) is 0 Å². The van der Waals surface area contributed by atoms with Crippen molar-refractivity contribution in [2.75, 3.05) is 6.67 Å². The van der Waals surface area contributed by atoms with Gasteiger partial charge in [0, 0.05) is 0 Å². The second-order valence-electron chi connectivity index (χ2n) is 0.831. The maximum Gasteiger partial charge on any atom is 0.370 e. The van der Waals surface area contributed by atoms with E-state index in [-0.39, 0.29) is 0 Å². The van der Waals surface area contributed by atoms with E-state index < -0.39 is 18.5 Å². The molecule has 2 nitrogen and oxygen atoms in total. The number of carbonyl (C=O) groups excluding carboxylic acids is 2. The number of rotatable bonds is 2. The van der Waals surface area contributed by atoms with Crippen LogP contribution in [0.1, 0.15) is 0 Å². The Morgan fingerprint density at radius 1 is 1.43 bits per heavy atom. The molecule has 0 amide bonds. The predicted octanol–water partition coefficient (Wildman–Crippen LogP) is 0.0211. The van der Waals surface area contributed by atoms with E-state index in [2.05, 4.69) is 0 Å². The molecule has 0 atom stereocenters. The average molecular weight is 108 g/mol. The Morgan fingerprint density at radius 2 is 1.86 bits per heavy atom. The first-order chi connectivity index (χ1) is 3.18. The molecule has 40 valence electrons. The molecule has 0 aromatic carbocycles. The highest BCUT2D eigenvalue weighted by Gasteiger charge is 2.09. The number of alkyl halides is 1. The van der Waals surface area contributed by atoms with Crippen LogP contribution in [0, 0.1) is 0 Å². The third kappa shape index (κ3) is 1.97. The van der Waals surface area contributed by atoms with Crippen LogP contribution in [-0.4, -0.2) is 18.5 Å². The predicted molar refractivity (Wildman–Crippen MR) is 17.1 cm³/mol. The number of ketones is 1. The summed E-state index contributed by atoms with van der Waals surface area (Å²) < 4.78 is 21.7. The van der Waals surface area contributed by atoms with Gasteiger partial charge in [-0.1, -0.05) is 0 Å². The van der Waals surface area contributed by atoms with Gasteiger partial charge in [0.25, 0.3) is 5.78 Å². The van der Waals surface area contributed by atoms with E-state index in [4.69, 9.17) is 4.79 Å². The third-order valence-electron chi connectivity index (χ3n) is 0.341. The summed E-state index contributed by atoms with van der Waals surface area (Å²) in [5, 5.41) is 0. The minimum Gasteiger partial charge on any atom is -0.285 e. The molecule has 0 fully saturated rings. The van der Waals surface area contributed by atoms with Crippen LogP contribution in [0.2, 0.25) is 0 Å². The molecule has 0 spiro atoms. The normalized spacial score (nSPS) is 8.29. The number of Topliss-reactive ketones (excluding diaryl/α,β-unsaturated/α-hetero) is 1. The van der Waals surface area contributed by atoms with Crippen LogP contribution in [-0.2, 0) is 9.59 Å². The molecule has 0 bridgehead atoms. The lowest BCUT2D eigenvalue weighted by atomic mass is 10.5. The summed E-state index contributed by atoms with van der Waals surface area (Å²) >= 11 is 0. The zero-order chi connectivity index (χ0) is 5.86. The molecule has 0 N–H and O–H groups in total. The molecule has 7 heavy (non-hydrogen) atoms. The molecule has 0 aromatic rings. The molecule has 0 aromatic heterocycles. The van der Waals surface area contributed by atoms with Gasteiger partial charge < -0.3 is 0 Å². The highest BCUT2D eigenvalue weighted by atomic mass is 19.1. The minimum absolute atomic E-state index is 1.55. The first kappa shape index (κ1) is 6.20. The zero-order valence-corrected chi connectivity index (χ0v) is 3.28. The van der Waals surface area contributed by atoms with Gasteiger partial charge in [0.2, 0.25) is 0 Å². The fourth-order valence-corrected chi connectivity index (χ4v) is 0.0525. The Bertz CT molecular complexity index is 99.1. The lowest BCUT2D eigenvalue weighted by molar-refractivity contribution is -0.143. The molecule has 4 heteroatoms. The highest BCUT2D eigenvalue weighted by Crippen LogP contribution is 1.77. The molecule has 0 saturated carbocycles. The summed E-state index contributed by atoms with van der Waals surface area (Å²) in [7, 11) is 0. The van der Waals surface area contributed by atoms with Crippen LogP contribution in [0.25, 0.3) is 0 Å². The molecule has 0 unspecified atom stereocenters. The Morgan fingerprint density at radius 3 is 1.86 bits per heavy atom. The van der Waals surface area contributed by atoms with Crippen molar-refractivity contribution >= 4 is 11.8 Å². The van der Waals surface area contributed by atoms with E-state index in [1.54, 1.807) is 0 Å². The summed E-state index contributed by atoms with van der Waals surface area (Å²) in [4.78, 5) is 18.5. The van der Waals surface area contributed by atoms with Crippen LogP contribution in [0.4, 0.5) is 8.78 Å². The number of carbonyl (C=O) groups is 2. The second-order valence-corrected chi connectivity index (χ2v) is 0.831. The van der Waals surface area contributed by atoms with Gasteiger partial charge in [-0.15, -0.1) is 0 Å². The molecule has 0 rings (SSSR count). The molecular formula is C3H2F2O2. The summed E-state index contributed by atoms with van der Waals surface area (Å²) in [6.45, 7) is -1.55. The topological polar surface area (TPSA) is 34.1 Å². The Labute approximate surface area is 38.1 Å². The van der Waals surface area contributed by atoms with Crippen molar-refractivity contribution in [2.45, 2.75) is 0 Å². The average Bonchev–Trinajstić information content (AvgIpc) is 1.65. The Balaban J connectivity index is 3.58. The van der Waals surface area contributed by atoms with Crippen molar-refractivity contribution in [3.63, 3.8) is 0 Å². The first-order valence-electron chi connectivity index (χ1n) is 1.47. The van der Waals surface area contributed by atoms with Crippen LogP contribution in [0.3, 0.4) is 0 Å². The van der Waals surface area contributed by atoms with E-state index >= 15 is 0 Å². The van der Waals surface area contributed by atoms with E-state index in [9.17, 15) is 13.6 Å². The van der Waals surface area contributed by atoms with Gasteiger partial charge in [0.1, 0.15) is 0 Å². The van der Waals surface area contributed by atoms with Crippen molar-refractivity contribution in [1.29, 1.82) is 0 Å². The molecule has 0 saturated heterocycles. The summed E-state index contributed by atoms with van der Waals surface area (Å²) in [5.74, 6) is -1.63. The van der Waals surface area contributed by atoms with Gasteiger partial charge in [0.15, 0.2) is 6.67 Å². The fraction of sp³-hybridized carbons (Fsp3) is 0.333. The lowest BCUT2D eigenvalue weighted by Gasteiger charge is -1.75. The largest absolute Gasteiger partial charge is 0.370 e. The van der Waals surface area contributed by atoms with E-state index in [1.807, 2.05) is 0 Å². The minimum atomic E-state index is -2.22. The van der Waals surface area contributed by atoms with Crippen molar-refractivity contribution in [2.24, 2.45) is 0 Å². The zero-order valence-electron chi connectivity index (χ0n) is 3.28. The monoisotopic (exact) mass is 108 g/mol. The van der Waals surface area contributed by atoms with Gasteiger partial charge in [-0.25, -0.2) is 4.39 Å². The third-order valence-corrected chi connectivity index (χ3v) is 0.341. The molecule has 0 heterocycles. The quantitative estimate of drug-likeness (QED) is 0.369. The molecule has 0 aliphatic rings. The Kier molecular flexibility index (Phi) is 2.11. The van der Waals surface area contributed by atoms with Gasteiger partial charge in [-0.05, 0) is 0 Å². The number of hydrogen-bond donors (Lipinski definition) is 0. The SMILES string of the molecule is O=C(F)C(=O)CF. The summed E-state index contributed by atoms with van der Waals surface area (Å²) in [6.07, 6.45) is 0. The molecule has 0 radical (unpaired) electrons. The molecular weight excluding hydrogens is 106 g/mol. The van der Waals surface area contributed by atoms with Gasteiger partial charge in [-0.3, -0.25) is 9.59 Å². The maximum atomic E-state index is 10.9. The number of hydrogen-bond acceptors (Lipinski definition) is 2. The maximum absolute atomic E-state index is 10.9. The Hall–Kier alpha value is -0.800.